The van der Waals surface area contributed by atoms with Crippen molar-refractivity contribution in [3.05, 3.63) is 35.3 Å². The Labute approximate surface area is 156 Å². The summed E-state index contributed by atoms with van der Waals surface area (Å²) in [6.45, 7) is 11.3. The topological polar surface area (TPSA) is 63.6 Å². The van der Waals surface area contributed by atoms with Crippen LogP contribution in [0, 0.1) is 22.7 Å². The van der Waals surface area contributed by atoms with Gasteiger partial charge in [-0.3, -0.25) is 9.59 Å². The minimum absolute atomic E-state index is 0.00917. The minimum atomic E-state index is -0.552. The molecular formula is C22H30O4. The monoisotopic (exact) mass is 358 g/mol. The predicted molar refractivity (Wildman–Crippen MR) is 100 cm³/mol. The van der Waals surface area contributed by atoms with Gasteiger partial charge in [0.05, 0.1) is 7.11 Å². The third kappa shape index (κ3) is 2.83. The van der Waals surface area contributed by atoms with Crippen molar-refractivity contribution in [2.45, 2.75) is 59.3 Å². The van der Waals surface area contributed by atoms with E-state index in [2.05, 4.69) is 27.4 Å². The molecule has 0 unspecified atom stereocenters. The van der Waals surface area contributed by atoms with Gasteiger partial charge < -0.3 is 9.84 Å². The van der Waals surface area contributed by atoms with Crippen LogP contribution in [0.15, 0.2) is 35.3 Å². The van der Waals surface area contributed by atoms with E-state index in [0.717, 1.165) is 37.3 Å². The molecule has 3 rings (SSSR count). The van der Waals surface area contributed by atoms with Crippen LogP contribution in [0.3, 0.4) is 0 Å². The molecule has 0 aliphatic heterocycles. The van der Waals surface area contributed by atoms with E-state index >= 15 is 0 Å². The Kier molecular flexibility index (Phi) is 4.66. The molecule has 0 heterocycles. The van der Waals surface area contributed by atoms with Crippen molar-refractivity contribution >= 4 is 11.6 Å². The lowest BCUT2D eigenvalue weighted by molar-refractivity contribution is -0.120. The molecule has 0 spiro atoms. The fourth-order valence-corrected chi connectivity index (χ4v) is 5.85. The number of ketones is 2. The highest BCUT2D eigenvalue weighted by Gasteiger charge is 2.53. The summed E-state index contributed by atoms with van der Waals surface area (Å²) in [7, 11) is 1.37. The summed E-state index contributed by atoms with van der Waals surface area (Å²) >= 11 is 0. The molecule has 26 heavy (non-hydrogen) atoms. The second kappa shape index (κ2) is 6.40. The van der Waals surface area contributed by atoms with Crippen molar-refractivity contribution in [1.29, 1.82) is 0 Å². The highest BCUT2D eigenvalue weighted by molar-refractivity contribution is 6.20. The van der Waals surface area contributed by atoms with E-state index in [1.807, 2.05) is 0 Å². The lowest BCUT2D eigenvalue weighted by Crippen LogP contribution is -2.49. The number of allylic oxidation sites excluding steroid dienone is 3. The molecule has 3 atom stereocenters. The summed E-state index contributed by atoms with van der Waals surface area (Å²) in [6.07, 6.45) is 6.97. The number of aliphatic hydroxyl groups excluding tert-OH is 1. The average molecular weight is 358 g/mol. The highest BCUT2D eigenvalue weighted by Crippen LogP contribution is 2.62. The molecule has 3 aliphatic rings. The summed E-state index contributed by atoms with van der Waals surface area (Å²) in [5.74, 6) is -0.708. The second-order valence-electron chi connectivity index (χ2n) is 9.09. The molecular weight excluding hydrogens is 328 g/mol. The molecule has 0 amide bonds. The number of fused-ring (bicyclic) bond motifs is 1. The van der Waals surface area contributed by atoms with Gasteiger partial charge in [-0.1, -0.05) is 39.3 Å². The van der Waals surface area contributed by atoms with Gasteiger partial charge >= 0.3 is 0 Å². The van der Waals surface area contributed by atoms with Crippen molar-refractivity contribution in [2.24, 2.45) is 22.7 Å². The van der Waals surface area contributed by atoms with Crippen LogP contribution in [0.2, 0.25) is 0 Å². The molecule has 2 saturated carbocycles. The van der Waals surface area contributed by atoms with Gasteiger partial charge in [0.15, 0.2) is 11.5 Å². The first kappa shape index (κ1) is 18.9. The summed E-state index contributed by atoms with van der Waals surface area (Å²) in [5.41, 5.74) is 1.61. The smallest absolute Gasteiger partial charge is 0.227 e. The fourth-order valence-electron chi connectivity index (χ4n) is 5.85. The van der Waals surface area contributed by atoms with Crippen LogP contribution in [0.25, 0.3) is 0 Å². The molecule has 4 nitrogen and oxygen atoms in total. The van der Waals surface area contributed by atoms with Crippen molar-refractivity contribution in [3.8, 4) is 0 Å². The molecule has 0 aromatic heterocycles. The Hall–Kier alpha value is -1.84. The van der Waals surface area contributed by atoms with Crippen molar-refractivity contribution in [3.63, 3.8) is 0 Å². The van der Waals surface area contributed by atoms with E-state index in [4.69, 9.17) is 4.74 Å². The summed E-state index contributed by atoms with van der Waals surface area (Å²) < 4.78 is 5.06. The normalized spacial score (nSPS) is 34.5. The number of hydrogen-bond acceptors (Lipinski definition) is 4. The molecule has 1 N–H and O–H groups in total. The van der Waals surface area contributed by atoms with E-state index < -0.39 is 11.5 Å². The van der Waals surface area contributed by atoms with E-state index in [1.54, 1.807) is 0 Å². The van der Waals surface area contributed by atoms with Crippen LogP contribution in [-0.4, -0.2) is 23.8 Å². The Morgan fingerprint density at radius 2 is 1.96 bits per heavy atom. The maximum Gasteiger partial charge on any atom is 0.227 e. The molecule has 2 fully saturated rings. The Bertz CT molecular complexity index is 724. The molecule has 142 valence electrons. The largest absolute Gasteiger partial charge is 0.504 e. The third-order valence-corrected chi connectivity index (χ3v) is 7.23. The number of aliphatic hydroxyl groups is 1. The second-order valence-corrected chi connectivity index (χ2v) is 9.09. The minimum Gasteiger partial charge on any atom is -0.504 e. The fraction of sp³-hybridized carbons (Fsp3) is 0.636. The van der Waals surface area contributed by atoms with Gasteiger partial charge in [-0.15, -0.1) is 0 Å². The zero-order valence-corrected chi connectivity index (χ0v) is 16.4. The van der Waals surface area contributed by atoms with E-state index in [0.29, 0.717) is 12.3 Å². The summed E-state index contributed by atoms with van der Waals surface area (Å²) in [5, 5.41) is 10.3. The molecule has 0 saturated heterocycles. The predicted octanol–water partition coefficient (Wildman–Crippen LogP) is 4.67. The SMILES string of the molecule is C=C1CC[C@@H]2C(C)(C)CCC[C@@]2(C)[C@@H]1CC1=C(O)C(=O)C=C(OC)C1=O. The summed E-state index contributed by atoms with van der Waals surface area (Å²) in [4.78, 5) is 24.8. The zero-order chi connectivity index (χ0) is 19.3. The van der Waals surface area contributed by atoms with Gasteiger partial charge in [0, 0.05) is 11.6 Å². The number of carbonyl (C=O) groups excluding carboxylic acids is 2. The lowest BCUT2D eigenvalue weighted by atomic mass is 9.47. The number of carbonyl (C=O) groups is 2. The molecule has 4 heteroatoms. The van der Waals surface area contributed by atoms with Gasteiger partial charge in [0.2, 0.25) is 11.6 Å². The van der Waals surface area contributed by atoms with Gasteiger partial charge in [-0.2, -0.15) is 0 Å². The zero-order valence-electron chi connectivity index (χ0n) is 16.4. The van der Waals surface area contributed by atoms with Gasteiger partial charge in [0.1, 0.15) is 0 Å². The maximum absolute atomic E-state index is 12.7. The number of ether oxygens (including phenoxy) is 1. The summed E-state index contributed by atoms with van der Waals surface area (Å²) in [6, 6.07) is 0. The van der Waals surface area contributed by atoms with Crippen LogP contribution < -0.4 is 0 Å². The Morgan fingerprint density at radius 1 is 1.27 bits per heavy atom. The molecule has 0 aromatic carbocycles. The van der Waals surface area contributed by atoms with Crippen molar-refractivity contribution in [2.75, 3.05) is 7.11 Å². The van der Waals surface area contributed by atoms with E-state index in [1.165, 1.54) is 13.5 Å². The number of hydrogen-bond donors (Lipinski definition) is 1. The molecule has 0 radical (unpaired) electrons. The van der Waals surface area contributed by atoms with Crippen LogP contribution in [0.5, 0.6) is 0 Å². The van der Waals surface area contributed by atoms with E-state index in [9.17, 15) is 14.7 Å². The number of rotatable bonds is 3. The van der Waals surface area contributed by atoms with Crippen LogP contribution >= 0.6 is 0 Å². The van der Waals surface area contributed by atoms with E-state index in [-0.39, 0.29) is 33.9 Å². The molecule has 3 aliphatic carbocycles. The maximum atomic E-state index is 12.7. The first-order chi connectivity index (χ1) is 12.1. The highest BCUT2D eigenvalue weighted by atomic mass is 16.5. The van der Waals surface area contributed by atoms with Gasteiger partial charge in [0.25, 0.3) is 0 Å². The molecule has 0 aromatic rings. The Balaban J connectivity index is 1.97. The third-order valence-electron chi connectivity index (χ3n) is 7.23. The van der Waals surface area contributed by atoms with Gasteiger partial charge in [-0.05, 0) is 54.8 Å². The van der Waals surface area contributed by atoms with Crippen LogP contribution in [-0.2, 0) is 14.3 Å². The number of Topliss-reactive ketones (excluding diaryl/α,β-unsaturated/α-hetero) is 1. The quantitative estimate of drug-likeness (QED) is 0.588. The first-order valence-electron chi connectivity index (χ1n) is 9.56. The van der Waals surface area contributed by atoms with Crippen molar-refractivity contribution in [1.82, 2.24) is 0 Å². The molecule has 0 bridgehead atoms. The lowest BCUT2D eigenvalue weighted by Gasteiger charge is -2.58. The average Bonchev–Trinajstić information content (AvgIpc) is 2.56. The van der Waals surface area contributed by atoms with Gasteiger partial charge in [-0.25, -0.2) is 0 Å². The standard InChI is InChI=1S/C22H30O4/c1-13-7-8-18-21(2,3)9-6-10-22(18,4)15(13)11-14-19(24)16(23)12-17(26-5)20(14)25/h12,15,18,24H,1,6-11H2,2-5H3/t15-,18-,22+/m1/s1. The van der Waals surface area contributed by atoms with Crippen LogP contribution in [0.4, 0.5) is 0 Å². The first-order valence-corrected chi connectivity index (χ1v) is 9.56. The van der Waals surface area contributed by atoms with Crippen LogP contribution in [0.1, 0.15) is 59.3 Å². The number of methoxy groups -OCH3 is 1. The van der Waals surface area contributed by atoms with Crippen molar-refractivity contribution < 1.29 is 19.4 Å². The Morgan fingerprint density at radius 3 is 2.62 bits per heavy atom.